The van der Waals surface area contributed by atoms with Crippen molar-refractivity contribution in [1.29, 1.82) is 0 Å². The van der Waals surface area contributed by atoms with Gasteiger partial charge in [0.05, 0.1) is 11.8 Å². The molecule has 3 rings (SSSR count). The third-order valence-electron chi connectivity index (χ3n) is 4.48. The fourth-order valence-electron chi connectivity index (χ4n) is 3.39. The van der Waals surface area contributed by atoms with Crippen LogP contribution in [0.3, 0.4) is 0 Å². The van der Waals surface area contributed by atoms with E-state index in [1.54, 1.807) is 11.0 Å². The summed E-state index contributed by atoms with van der Waals surface area (Å²) in [5.41, 5.74) is 2.49. The van der Waals surface area contributed by atoms with E-state index in [4.69, 9.17) is 16.3 Å². The van der Waals surface area contributed by atoms with E-state index >= 15 is 0 Å². The van der Waals surface area contributed by atoms with E-state index in [9.17, 15) is 5.21 Å². The third-order valence-corrected chi connectivity index (χ3v) is 4.70. The highest BCUT2D eigenvalue weighted by molar-refractivity contribution is 6.30. The van der Waals surface area contributed by atoms with Crippen LogP contribution >= 0.6 is 11.6 Å². The van der Waals surface area contributed by atoms with Crippen molar-refractivity contribution < 1.29 is 9.94 Å². The van der Waals surface area contributed by atoms with Crippen LogP contribution < -0.4 is 4.74 Å². The molecule has 2 aromatic rings. The van der Waals surface area contributed by atoms with Crippen LogP contribution in [-0.2, 0) is 6.42 Å². The van der Waals surface area contributed by atoms with Crippen molar-refractivity contribution in [3.05, 3.63) is 40.9 Å². The van der Waals surface area contributed by atoms with Gasteiger partial charge in [-0.15, -0.1) is 0 Å². The number of benzene rings is 1. The quantitative estimate of drug-likeness (QED) is 0.506. The van der Waals surface area contributed by atoms with Crippen molar-refractivity contribution in [2.24, 2.45) is 10.6 Å². The maximum atomic E-state index is 9.63. The van der Waals surface area contributed by atoms with Crippen LogP contribution in [-0.4, -0.2) is 31.8 Å². The maximum absolute atomic E-state index is 9.63. The Balaban J connectivity index is 1.87. The van der Waals surface area contributed by atoms with Crippen molar-refractivity contribution in [2.45, 2.75) is 52.7 Å². The zero-order valence-electron chi connectivity index (χ0n) is 14.9. The Labute approximate surface area is 152 Å². The molecule has 1 aromatic carbocycles. The lowest BCUT2D eigenvalue weighted by Gasteiger charge is -2.29. The van der Waals surface area contributed by atoms with E-state index in [1.165, 1.54) is 6.33 Å². The molecule has 0 radical (unpaired) electrons. The molecule has 2 heterocycles. The first-order chi connectivity index (χ1) is 11.8. The van der Waals surface area contributed by atoms with Crippen LogP contribution in [0.4, 0.5) is 0 Å². The molecule has 0 amide bonds. The van der Waals surface area contributed by atoms with Crippen molar-refractivity contribution in [3.8, 4) is 5.75 Å². The standard InChI is InChI=1S/C18H23ClN4O2/c1-11-5-13(19)6-12-7-14(25-16(11)12)8-15(23-10-20-9-21-23)17(22-24)18(2,3)4/h5-6,9-10,14-15,24H,7-8H2,1-4H3. The van der Waals surface area contributed by atoms with E-state index in [1.807, 2.05) is 39.8 Å². The lowest BCUT2D eigenvalue weighted by Crippen LogP contribution is -2.34. The zero-order valence-corrected chi connectivity index (χ0v) is 15.7. The predicted molar refractivity (Wildman–Crippen MR) is 96.7 cm³/mol. The van der Waals surface area contributed by atoms with E-state index < -0.39 is 0 Å². The fourth-order valence-corrected chi connectivity index (χ4v) is 3.69. The molecular weight excluding hydrogens is 340 g/mol. The number of rotatable bonds is 4. The monoisotopic (exact) mass is 362 g/mol. The smallest absolute Gasteiger partial charge is 0.137 e. The van der Waals surface area contributed by atoms with Gasteiger partial charge in [0.2, 0.25) is 0 Å². The number of aryl methyl sites for hydroxylation is 1. The molecule has 6 nitrogen and oxygen atoms in total. The highest BCUT2D eigenvalue weighted by Crippen LogP contribution is 2.38. The van der Waals surface area contributed by atoms with E-state index in [0.29, 0.717) is 12.1 Å². The SMILES string of the molecule is Cc1cc(Cl)cc2c1OC(CC(C(=NO)C(C)(C)C)n1cncn1)C2. The van der Waals surface area contributed by atoms with Gasteiger partial charge in [-0.25, -0.2) is 9.67 Å². The lowest BCUT2D eigenvalue weighted by molar-refractivity contribution is 0.199. The average molecular weight is 363 g/mol. The van der Waals surface area contributed by atoms with Gasteiger partial charge in [-0.1, -0.05) is 37.5 Å². The molecule has 0 fully saturated rings. The summed E-state index contributed by atoms with van der Waals surface area (Å²) in [7, 11) is 0. The molecule has 1 aliphatic rings. The summed E-state index contributed by atoms with van der Waals surface area (Å²) in [5.74, 6) is 0.907. The number of oxime groups is 1. The Morgan fingerprint density at radius 1 is 1.48 bits per heavy atom. The summed E-state index contributed by atoms with van der Waals surface area (Å²) in [6, 6.07) is 3.63. The number of aromatic nitrogens is 3. The second-order valence-corrected chi connectivity index (χ2v) is 7.95. The van der Waals surface area contributed by atoms with Gasteiger partial charge >= 0.3 is 0 Å². The van der Waals surface area contributed by atoms with Crippen molar-refractivity contribution in [3.63, 3.8) is 0 Å². The molecule has 7 heteroatoms. The molecular formula is C18H23ClN4O2. The molecule has 0 spiro atoms. The number of fused-ring (bicyclic) bond motifs is 1. The van der Waals surface area contributed by atoms with Gasteiger partial charge in [0.25, 0.3) is 0 Å². The average Bonchev–Trinajstić information content (AvgIpc) is 3.14. The van der Waals surface area contributed by atoms with Crippen LogP contribution in [0.25, 0.3) is 0 Å². The van der Waals surface area contributed by atoms with Crippen molar-refractivity contribution >= 4 is 17.3 Å². The number of halogens is 1. The Morgan fingerprint density at radius 2 is 2.24 bits per heavy atom. The van der Waals surface area contributed by atoms with Crippen molar-refractivity contribution in [1.82, 2.24) is 14.8 Å². The maximum Gasteiger partial charge on any atom is 0.137 e. The Morgan fingerprint density at radius 3 is 2.84 bits per heavy atom. The van der Waals surface area contributed by atoms with E-state index in [-0.39, 0.29) is 17.6 Å². The summed E-state index contributed by atoms with van der Waals surface area (Å²) >= 11 is 6.17. The van der Waals surface area contributed by atoms with E-state index in [2.05, 4.69) is 15.2 Å². The van der Waals surface area contributed by atoms with Gasteiger partial charge in [-0.2, -0.15) is 5.10 Å². The molecule has 134 valence electrons. The second kappa shape index (κ2) is 6.67. The summed E-state index contributed by atoms with van der Waals surface area (Å²) in [5, 5.41) is 18.2. The van der Waals surface area contributed by atoms with E-state index in [0.717, 1.165) is 28.3 Å². The topological polar surface area (TPSA) is 72.5 Å². The van der Waals surface area contributed by atoms with Gasteiger partial charge in [-0.3, -0.25) is 0 Å². The molecule has 0 aliphatic carbocycles. The lowest BCUT2D eigenvalue weighted by atomic mass is 9.83. The van der Waals surface area contributed by atoms with Crippen LogP contribution in [0.1, 0.15) is 44.4 Å². The fraction of sp³-hybridized carbons (Fsp3) is 0.500. The van der Waals surface area contributed by atoms with Crippen LogP contribution in [0.2, 0.25) is 5.02 Å². The molecule has 25 heavy (non-hydrogen) atoms. The summed E-state index contributed by atoms with van der Waals surface area (Å²) in [6.07, 6.45) is 4.49. The first kappa shape index (κ1) is 17.7. The van der Waals surface area contributed by atoms with Gasteiger partial charge < -0.3 is 9.94 Å². The molecule has 1 N–H and O–H groups in total. The first-order valence-corrected chi connectivity index (χ1v) is 8.69. The summed E-state index contributed by atoms with van der Waals surface area (Å²) in [4.78, 5) is 4.04. The summed E-state index contributed by atoms with van der Waals surface area (Å²) in [6.45, 7) is 8.04. The normalized spacial score (nSPS) is 18.8. The second-order valence-electron chi connectivity index (χ2n) is 7.52. The molecule has 0 saturated carbocycles. The number of nitrogens with zero attached hydrogens (tertiary/aromatic N) is 4. The van der Waals surface area contributed by atoms with Crippen LogP contribution in [0, 0.1) is 12.3 Å². The minimum atomic E-state index is -0.309. The van der Waals surface area contributed by atoms with Crippen molar-refractivity contribution in [2.75, 3.05) is 0 Å². The predicted octanol–water partition coefficient (Wildman–Crippen LogP) is 4.05. The molecule has 0 bridgehead atoms. The Bertz CT molecular complexity index is 781. The molecule has 0 saturated heterocycles. The zero-order chi connectivity index (χ0) is 18.2. The molecule has 2 atom stereocenters. The van der Waals surface area contributed by atoms with Gasteiger partial charge in [0.1, 0.15) is 24.5 Å². The molecule has 1 aromatic heterocycles. The molecule has 1 aliphatic heterocycles. The minimum absolute atomic E-state index is 0.0412. The number of ether oxygens (including phenoxy) is 1. The molecule has 2 unspecified atom stereocenters. The van der Waals surface area contributed by atoms with Gasteiger partial charge in [0.15, 0.2) is 0 Å². The van der Waals surface area contributed by atoms with Crippen LogP contribution in [0.5, 0.6) is 5.75 Å². The van der Waals surface area contributed by atoms with Gasteiger partial charge in [-0.05, 0) is 30.2 Å². The number of hydrogen-bond donors (Lipinski definition) is 1. The van der Waals surface area contributed by atoms with Crippen LogP contribution in [0.15, 0.2) is 29.9 Å². The highest BCUT2D eigenvalue weighted by Gasteiger charge is 2.35. The first-order valence-electron chi connectivity index (χ1n) is 8.32. The Hall–Kier alpha value is -2.08. The largest absolute Gasteiger partial charge is 0.489 e. The number of hydrogen-bond acceptors (Lipinski definition) is 5. The summed E-state index contributed by atoms with van der Waals surface area (Å²) < 4.78 is 7.90. The highest BCUT2D eigenvalue weighted by atomic mass is 35.5. The minimum Gasteiger partial charge on any atom is -0.489 e. The van der Waals surface area contributed by atoms with Gasteiger partial charge in [0, 0.05) is 23.3 Å². The Kier molecular flexibility index (Phi) is 4.73. The third kappa shape index (κ3) is 3.63.